The maximum absolute atomic E-state index is 11.8. The zero-order valence-corrected chi connectivity index (χ0v) is 13.9. The second kappa shape index (κ2) is 8.12. The molecule has 0 bridgehead atoms. The fourth-order valence-electron chi connectivity index (χ4n) is 1.88. The molecule has 0 atom stereocenters. The zero-order chi connectivity index (χ0) is 17.5. The van der Waals surface area contributed by atoms with E-state index < -0.39 is 11.8 Å². The van der Waals surface area contributed by atoms with Crippen molar-refractivity contribution in [2.75, 3.05) is 12.4 Å². The summed E-state index contributed by atoms with van der Waals surface area (Å²) in [5.41, 5.74) is 4.16. The molecule has 0 spiro atoms. The van der Waals surface area contributed by atoms with E-state index in [-0.39, 0.29) is 0 Å². The molecule has 0 saturated carbocycles. The number of hydrazone groups is 1. The smallest absolute Gasteiger partial charge is 0.329 e. The first-order valence-corrected chi connectivity index (χ1v) is 7.42. The molecule has 2 rings (SSSR count). The van der Waals surface area contributed by atoms with Crippen molar-refractivity contribution in [3.63, 3.8) is 0 Å². The molecule has 6 nitrogen and oxygen atoms in total. The molecule has 0 radical (unpaired) electrons. The minimum absolute atomic E-state index is 0.510. The number of rotatable bonds is 4. The first-order chi connectivity index (χ1) is 11.5. The van der Waals surface area contributed by atoms with Crippen LogP contribution in [0, 0.1) is 6.92 Å². The summed E-state index contributed by atoms with van der Waals surface area (Å²) in [5.74, 6) is -1.02. The van der Waals surface area contributed by atoms with Gasteiger partial charge in [0.2, 0.25) is 0 Å². The Labute approximate surface area is 144 Å². The molecule has 0 aromatic heterocycles. The molecule has 2 aromatic rings. The van der Waals surface area contributed by atoms with E-state index in [1.807, 2.05) is 0 Å². The van der Waals surface area contributed by atoms with Crippen molar-refractivity contribution >= 4 is 35.3 Å². The number of carbonyl (C=O) groups excluding carboxylic acids is 2. The van der Waals surface area contributed by atoms with Gasteiger partial charge in [0.1, 0.15) is 5.75 Å². The van der Waals surface area contributed by atoms with Crippen molar-refractivity contribution < 1.29 is 14.3 Å². The molecule has 2 amide bonds. The topological polar surface area (TPSA) is 79.8 Å². The van der Waals surface area contributed by atoms with Crippen LogP contribution in [0.15, 0.2) is 47.6 Å². The number of halogens is 1. The number of carbonyl (C=O) groups is 2. The van der Waals surface area contributed by atoms with Gasteiger partial charge in [-0.25, -0.2) is 5.43 Å². The maximum atomic E-state index is 11.8. The molecule has 0 heterocycles. The fraction of sp³-hybridized carbons (Fsp3) is 0.118. The molecule has 124 valence electrons. The van der Waals surface area contributed by atoms with Gasteiger partial charge in [-0.2, -0.15) is 5.10 Å². The number of amides is 2. The van der Waals surface area contributed by atoms with Gasteiger partial charge in [-0.3, -0.25) is 9.59 Å². The van der Waals surface area contributed by atoms with Crippen LogP contribution in [0.1, 0.15) is 11.1 Å². The van der Waals surface area contributed by atoms with Gasteiger partial charge in [-0.1, -0.05) is 23.7 Å². The highest BCUT2D eigenvalue weighted by atomic mass is 35.5. The number of hydrogen-bond acceptors (Lipinski definition) is 4. The lowest BCUT2D eigenvalue weighted by atomic mass is 10.2. The fourth-order valence-corrected chi connectivity index (χ4v) is 2.11. The van der Waals surface area contributed by atoms with Crippen LogP contribution in [-0.2, 0) is 9.59 Å². The summed E-state index contributed by atoms with van der Waals surface area (Å²) in [7, 11) is 1.56. The van der Waals surface area contributed by atoms with E-state index >= 15 is 0 Å². The number of hydrogen-bond donors (Lipinski definition) is 2. The quantitative estimate of drug-likeness (QED) is 0.508. The number of ether oxygens (including phenoxy) is 1. The lowest BCUT2D eigenvalue weighted by molar-refractivity contribution is -0.136. The summed E-state index contributed by atoms with van der Waals surface area (Å²) in [6.45, 7) is 1.78. The molecule has 0 fully saturated rings. The van der Waals surface area contributed by atoms with Crippen molar-refractivity contribution in [2.45, 2.75) is 6.92 Å². The molecule has 0 aliphatic rings. The van der Waals surface area contributed by atoms with E-state index in [0.29, 0.717) is 16.5 Å². The van der Waals surface area contributed by atoms with Crippen LogP contribution >= 0.6 is 11.6 Å². The largest absolute Gasteiger partial charge is 0.497 e. The Hall–Kier alpha value is -2.86. The summed E-state index contributed by atoms with van der Waals surface area (Å²) in [4.78, 5) is 23.6. The highest BCUT2D eigenvalue weighted by Gasteiger charge is 2.13. The summed E-state index contributed by atoms with van der Waals surface area (Å²) in [5, 5.41) is 6.81. The Morgan fingerprint density at radius 2 is 1.96 bits per heavy atom. The van der Waals surface area contributed by atoms with Crippen molar-refractivity contribution in [3.05, 3.63) is 58.6 Å². The number of anilines is 1. The maximum Gasteiger partial charge on any atom is 0.329 e. The molecule has 0 aliphatic heterocycles. The summed E-state index contributed by atoms with van der Waals surface area (Å²) < 4.78 is 5.08. The number of nitrogens with one attached hydrogen (secondary N) is 2. The van der Waals surface area contributed by atoms with E-state index in [4.69, 9.17) is 16.3 Å². The van der Waals surface area contributed by atoms with Crippen LogP contribution in [0.25, 0.3) is 0 Å². The lowest BCUT2D eigenvalue weighted by Crippen LogP contribution is -2.32. The van der Waals surface area contributed by atoms with Crippen molar-refractivity contribution in [2.24, 2.45) is 5.10 Å². The Bertz CT molecular complexity index is 790. The Kier molecular flexibility index (Phi) is 5.92. The van der Waals surface area contributed by atoms with Crippen molar-refractivity contribution in [1.29, 1.82) is 0 Å². The first-order valence-electron chi connectivity index (χ1n) is 7.04. The third-order valence-electron chi connectivity index (χ3n) is 3.12. The molecule has 2 aromatic carbocycles. The average molecular weight is 346 g/mol. The predicted molar refractivity (Wildman–Crippen MR) is 93.5 cm³/mol. The molecule has 0 unspecified atom stereocenters. The second-order valence-electron chi connectivity index (χ2n) is 4.89. The van der Waals surface area contributed by atoms with Crippen molar-refractivity contribution in [3.8, 4) is 5.75 Å². The molecule has 0 aliphatic carbocycles. The van der Waals surface area contributed by atoms with E-state index in [0.717, 1.165) is 11.1 Å². The summed E-state index contributed by atoms with van der Waals surface area (Å²) in [6.07, 6.45) is 1.42. The number of methoxy groups -OCH3 is 1. The highest BCUT2D eigenvalue weighted by molar-refractivity contribution is 6.39. The van der Waals surface area contributed by atoms with Gasteiger partial charge in [0, 0.05) is 10.7 Å². The minimum Gasteiger partial charge on any atom is -0.497 e. The van der Waals surface area contributed by atoms with E-state index in [9.17, 15) is 9.59 Å². The van der Waals surface area contributed by atoms with Crippen LogP contribution in [0.3, 0.4) is 0 Å². The average Bonchev–Trinajstić information content (AvgIpc) is 2.57. The van der Waals surface area contributed by atoms with Crippen LogP contribution < -0.4 is 15.5 Å². The third kappa shape index (κ3) is 4.82. The molecule has 2 N–H and O–H groups in total. The monoisotopic (exact) mass is 345 g/mol. The van der Waals surface area contributed by atoms with Crippen LogP contribution in [-0.4, -0.2) is 25.1 Å². The Morgan fingerprint density at radius 3 is 2.67 bits per heavy atom. The third-order valence-corrected chi connectivity index (χ3v) is 3.35. The highest BCUT2D eigenvalue weighted by Crippen LogP contribution is 2.19. The van der Waals surface area contributed by atoms with Crippen LogP contribution in [0.2, 0.25) is 5.02 Å². The number of benzene rings is 2. The Balaban J connectivity index is 1.93. The van der Waals surface area contributed by atoms with E-state index in [2.05, 4.69) is 15.8 Å². The summed E-state index contributed by atoms with van der Waals surface area (Å²) >= 11 is 5.84. The molecule has 7 heteroatoms. The van der Waals surface area contributed by atoms with E-state index in [1.165, 1.54) is 6.21 Å². The SMILES string of the molecule is COc1cccc(C=NNC(=O)C(=O)Nc2ccc(Cl)cc2C)c1. The lowest BCUT2D eigenvalue weighted by Gasteiger charge is -2.07. The van der Waals surface area contributed by atoms with Gasteiger partial charge in [0.15, 0.2) is 0 Å². The van der Waals surface area contributed by atoms with Crippen LogP contribution in [0.4, 0.5) is 5.69 Å². The van der Waals surface area contributed by atoms with Gasteiger partial charge in [-0.05, 0) is 48.4 Å². The van der Waals surface area contributed by atoms with Gasteiger partial charge >= 0.3 is 11.8 Å². The van der Waals surface area contributed by atoms with Crippen LogP contribution in [0.5, 0.6) is 5.75 Å². The van der Waals surface area contributed by atoms with Crippen molar-refractivity contribution in [1.82, 2.24) is 5.43 Å². The number of aryl methyl sites for hydroxylation is 1. The number of nitrogens with zero attached hydrogens (tertiary/aromatic N) is 1. The Morgan fingerprint density at radius 1 is 1.17 bits per heavy atom. The predicted octanol–water partition coefficient (Wildman–Crippen LogP) is 2.75. The van der Waals surface area contributed by atoms with Gasteiger partial charge in [0.25, 0.3) is 0 Å². The first kappa shape index (κ1) is 17.5. The second-order valence-corrected chi connectivity index (χ2v) is 5.33. The van der Waals surface area contributed by atoms with Gasteiger partial charge < -0.3 is 10.1 Å². The molecule has 0 saturated heterocycles. The normalized spacial score (nSPS) is 10.5. The van der Waals surface area contributed by atoms with Gasteiger partial charge in [0.05, 0.1) is 13.3 Å². The molecular formula is C17H16ClN3O3. The molecule has 24 heavy (non-hydrogen) atoms. The molecular weight excluding hydrogens is 330 g/mol. The van der Waals surface area contributed by atoms with E-state index in [1.54, 1.807) is 56.5 Å². The summed E-state index contributed by atoms with van der Waals surface area (Å²) in [6, 6.07) is 12.1. The zero-order valence-electron chi connectivity index (χ0n) is 13.2. The van der Waals surface area contributed by atoms with Gasteiger partial charge in [-0.15, -0.1) is 0 Å². The minimum atomic E-state index is -0.872. The standard InChI is InChI=1S/C17H16ClN3O3/c1-11-8-13(18)6-7-15(11)20-16(22)17(23)21-19-10-12-4-3-5-14(9-12)24-2/h3-10H,1-2H3,(H,20,22)(H,21,23).